The third-order valence-electron chi connectivity index (χ3n) is 5.34. The summed E-state index contributed by atoms with van der Waals surface area (Å²) in [5.41, 5.74) is 2.70. The molecule has 1 unspecified atom stereocenters. The molecule has 1 aromatic rings. The minimum atomic E-state index is -0.686. The van der Waals surface area contributed by atoms with Gasteiger partial charge in [0.05, 0.1) is 28.4 Å². The Kier molecular flexibility index (Phi) is 5.72. The van der Waals surface area contributed by atoms with Crippen LogP contribution in [0.4, 0.5) is 0 Å². The lowest BCUT2D eigenvalue weighted by Gasteiger charge is -2.34. The first-order valence-corrected chi connectivity index (χ1v) is 9.15. The van der Waals surface area contributed by atoms with Gasteiger partial charge in [-0.05, 0) is 37.5 Å². The predicted molar refractivity (Wildman–Crippen MR) is 103 cm³/mol. The normalized spacial score (nSPS) is 21.6. The Hall–Kier alpha value is -2.83. The molecule has 0 fully saturated rings. The molecule has 1 heterocycles. The van der Waals surface area contributed by atoms with Crippen molar-refractivity contribution < 1.29 is 28.5 Å². The van der Waals surface area contributed by atoms with Crippen LogP contribution in [0.25, 0.3) is 0 Å². The average molecular weight is 387 g/mol. The van der Waals surface area contributed by atoms with E-state index in [-0.39, 0.29) is 5.78 Å². The van der Waals surface area contributed by atoms with E-state index in [1.807, 2.05) is 0 Å². The summed E-state index contributed by atoms with van der Waals surface area (Å²) >= 11 is 0. The van der Waals surface area contributed by atoms with Crippen LogP contribution in [-0.4, -0.2) is 45.9 Å². The van der Waals surface area contributed by atoms with Crippen molar-refractivity contribution in [2.24, 2.45) is 10.9 Å². The SMILES string of the molecule is COC(=O)C1C(C)=NC2=C(C(=O)CCC2)[C@H]1c1cc(OC)c(OC)c(OC)c1. The number of esters is 1. The number of carbonyl (C=O) groups is 2. The summed E-state index contributed by atoms with van der Waals surface area (Å²) in [5.74, 6) is -0.226. The number of nitrogens with zero attached hydrogens (tertiary/aromatic N) is 1. The lowest BCUT2D eigenvalue weighted by molar-refractivity contribution is -0.143. The summed E-state index contributed by atoms with van der Waals surface area (Å²) < 4.78 is 21.4. The zero-order valence-corrected chi connectivity index (χ0v) is 16.8. The molecule has 0 spiro atoms. The van der Waals surface area contributed by atoms with Gasteiger partial charge in [-0.3, -0.25) is 14.6 Å². The van der Waals surface area contributed by atoms with Crippen LogP contribution in [-0.2, 0) is 14.3 Å². The lowest BCUT2D eigenvalue weighted by atomic mass is 9.71. The first-order valence-electron chi connectivity index (χ1n) is 9.15. The molecule has 2 aliphatic rings. The van der Waals surface area contributed by atoms with Crippen molar-refractivity contribution in [1.82, 2.24) is 0 Å². The zero-order chi connectivity index (χ0) is 20.4. The quantitative estimate of drug-likeness (QED) is 0.722. The maximum Gasteiger partial charge on any atom is 0.315 e. The van der Waals surface area contributed by atoms with Crippen LogP contribution in [0, 0.1) is 5.92 Å². The van der Waals surface area contributed by atoms with Gasteiger partial charge in [0.25, 0.3) is 0 Å². The molecule has 2 atom stereocenters. The standard InChI is InChI=1S/C21H25NO6/c1-11-17(21(24)28-5)18(19-13(22-11)7-6-8-14(19)23)12-9-15(25-2)20(27-4)16(10-12)26-3/h9-10,17-18H,6-8H2,1-5H3/t17?,18-/m0/s1. The van der Waals surface area contributed by atoms with Crippen LogP contribution < -0.4 is 14.2 Å². The molecule has 1 aliphatic carbocycles. The van der Waals surface area contributed by atoms with Crippen molar-refractivity contribution in [3.8, 4) is 17.2 Å². The number of Topliss-reactive ketones (excluding diaryl/α,β-unsaturated/α-hetero) is 1. The molecule has 0 aromatic heterocycles. The third-order valence-corrected chi connectivity index (χ3v) is 5.34. The van der Waals surface area contributed by atoms with Crippen LogP contribution in [0.2, 0.25) is 0 Å². The fourth-order valence-electron chi connectivity index (χ4n) is 4.08. The van der Waals surface area contributed by atoms with Crippen molar-refractivity contribution in [3.63, 3.8) is 0 Å². The molecule has 0 radical (unpaired) electrons. The molecule has 7 heteroatoms. The van der Waals surface area contributed by atoms with Gasteiger partial charge in [0.15, 0.2) is 17.3 Å². The molecule has 0 saturated carbocycles. The first-order chi connectivity index (χ1) is 13.5. The Labute approximate surface area is 164 Å². The summed E-state index contributed by atoms with van der Waals surface area (Å²) in [6.45, 7) is 1.80. The highest BCUT2D eigenvalue weighted by atomic mass is 16.5. The van der Waals surface area contributed by atoms with Crippen molar-refractivity contribution in [2.45, 2.75) is 32.1 Å². The van der Waals surface area contributed by atoms with E-state index >= 15 is 0 Å². The maximum atomic E-state index is 12.8. The number of methoxy groups -OCH3 is 4. The second-order valence-electron chi connectivity index (χ2n) is 6.83. The van der Waals surface area contributed by atoms with E-state index in [0.717, 1.165) is 17.7 Å². The van der Waals surface area contributed by atoms with Crippen LogP contribution >= 0.6 is 0 Å². The molecule has 1 aromatic carbocycles. The van der Waals surface area contributed by atoms with Crippen LogP contribution in [0.3, 0.4) is 0 Å². The van der Waals surface area contributed by atoms with E-state index in [1.165, 1.54) is 28.4 Å². The minimum Gasteiger partial charge on any atom is -0.493 e. The van der Waals surface area contributed by atoms with E-state index < -0.39 is 17.8 Å². The molecule has 0 amide bonds. The number of hydrogen-bond acceptors (Lipinski definition) is 7. The molecule has 150 valence electrons. The van der Waals surface area contributed by atoms with E-state index in [0.29, 0.717) is 41.4 Å². The fourth-order valence-corrected chi connectivity index (χ4v) is 4.08. The van der Waals surface area contributed by atoms with Crippen molar-refractivity contribution in [1.29, 1.82) is 0 Å². The fraction of sp³-hybridized carbons (Fsp3) is 0.476. The maximum absolute atomic E-state index is 12.8. The Morgan fingerprint density at radius 1 is 1.04 bits per heavy atom. The number of benzene rings is 1. The highest BCUT2D eigenvalue weighted by Crippen LogP contribution is 2.47. The van der Waals surface area contributed by atoms with Crippen molar-refractivity contribution in [2.75, 3.05) is 28.4 Å². The summed E-state index contributed by atoms with van der Waals surface area (Å²) in [7, 11) is 5.93. The van der Waals surface area contributed by atoms with E-state index in [2.05, 4.69) is 4.99 Å². The van der Waals surface area contributed by atoms with Gasteiger partial charge in [-0.1, -0.05) is 0 Å². The van der Waals surface area contributed by atoms with Gasteiger partial charge >= 0.3 is 5.97 Å². The monoisotopic (exact) mass is 387 g/mol. The number of aliphatic imine (C=N–C) groups is 1. The van der Waals surface area contributed by atoms with Gasteiger partial charge in [0, 0.05) is 29.3 Å². The van der Waals surface area contributed by atoms with E-state index in [1.54, 1.807) is 19.1 Å². The predicted octanol–water partition coefficient (Wildman–Crippen LogP) is 3.07. The van der Waals surface area contributed by atoms with Gasteiger partial charge in [-0.15, -0.1) is 0 Å². The molecule has 0 saturated heterocycles. The number of carbonyl (C=O) groups excluding carboxylic acids is 2. The molecular weight excluding hydrogens is 362 g/mol. The van der Waals surface area contributed by atoms with Gasteiger partial charge in [-0.2, -0.15) is 0 Å². The highest BCUT2D eigenvalue weighted by molar-refractivity contribution is 6.08. The Bertz CT molecular complexity index is 845. The number of hydrogen-bond donors (Lipinski definition) is 0. The lowest BCUT2D eigenvalue weighted by Crippen LogP contribution is -2.37. The number of ether oxygens (including phenoxy) is 4. The van der Waals surface area contributed by atoms with E-state index in [9.17, 15) is 9.59 Å². The third kappa shape index (κ3) is 3.25. The number of ketones is 1. The largest absolute Gasteiger partial charge is 0.493 e. The van der Waals surface area contributed by atoms with Crippen LogP contribution in [0.15, 0.2) is 28.4 Å². The summed E-state index contributed by atoms with van der Waals surface area (Å²) in [6.07, 6.45) is 1.93. The second kappa shape index (κ2) is 8.04. The van der Waals surface area contributed by atoms with Gasteiger partial charge in [0.1, 0.15) is 5.92 Å². The Balaban J connectivity index is 2.25. The molecule has 1 aliphatic heterocycles. The summed E-state index contributed by atoms with van der Waals surface area (Å²) in [6, 6.07) is 3.57. The van der Waals surface area contributed by atoms with E-state index in [4.69, 9.17) is 18.9 Å². The van der Waals surface area contributed by atoms with Crippen LogP contribution in [0.5, 0.6) is 17.2 Å². The molecule has 28 heavy (non-hydrogen) atoms. The molecule has 7 nitrogen and oxygen atoms in total. The Morgan fingerprint density at radius 3 is 2.21 bits per heavy atom. The highest BCUT2D eigenvalue weighted by Gasteiger charge is 2.43. The first kappa shape index (κ1) is 19.9. The van der Waals surface area contributed by atoms with Crippen molar-refractivity contribution >= 4 is 17.5 Å². The molecule has 0 N–H and O–H groups in total. The second-order valence-corrected chi connectivity index (χ2v) is 6.83. The Morgan fingerprint density at radius 2 is 1.68 bits per heavy atom. The number of rotatable bonds is 5. The average Bonchev–Trinajstić information content (AvgIpc) is 2.71. The number of allylic oxidation sites excluding steroid dienone is 2. The van der Waals surface area contributed by atoms with Gasteiger partial charge in [-0.25, -0.2) is 0 Å². The van der Waals surface area contributed by atoms with Crippen LogP contribution in [0.1, 0.15) is 37.7 Å². The minimum absolute atomic E-state index is 0.0187. The summed E-state index contributed by atoms with van der Waals surface area (Å²) in [5, 5.41) is 0. The zero-order valence-electron chi connectivity index (χ0n) is 16.8. The molecule has 3 rings (SSSR count). The topological polar surface area (TPSA) is 83.4 Å². The smallest absolute Gasteiger partial charge is 0.315 e. The summed E-state index contributed by atoms with van der Waals surface area (Å²) in [4.78, 5) is 30.1. The van der Waals surface area contributed by atoms with Crippen molar-refractivity contribution in [3.05, 3.63) is 29.0 Å². The van der Waals surface area contributed by atoms with Gasteiger partial charge in [0.2, 0.25) is 5.75 Å². The molecular formula is C21H25NO6. The van der Waals surface area contributed by atoms with Gasteiger partial charge < -0.3 is 18.9 Å². The molecule has 0 bridgehead atoms.